The van der Waals surface area contributed by atoms with Crippen LogP contribution in [0, 0.1) is 0 Å². The molecule has 1 fully saturated rings. The van der Waals surface area contributed by atoms with E-state index in [1.807, 2.05) is 0 Å². The number of hydrogen-bond acceptors (Lipinski definition) is 5. The summed E-state index contributed by atoms with van der Waals surface area (Å²) in [5.41, 5.74) is 0.980. The van der Waals surface area contributed by atoms with Gasteiger partial charge in [0.2, 0.25) is 20.0 Å². The molecule has 0 aliphatic carbocycles. The molecule has 0 aromatic heterocycles. The molecule has 174 valence electrons. The largest absolute Gasteiger partial charge is 0.348 e. The van der Waals surface area contributed by atoms with Crippen molar-refractivity contribution in [2.45, 2.75) is 49.1 Å². The molecule has 1 amide bonds. The summed E-state index contributed by atoms with van der Waals surface area (Å²) in [6.45, 7) is 4.77. The Kier molecular flexibility index (Phi) is 7.39. The first-order chi connectivity index (χ1) is 15.0. The molecule has 32 heavy (non-hydrogen) atoms. The van der Waals surface area contributed by atoms with Crippen molar-refractivity contribution >= 4 is 26.0 Å². The average molecular weight is 480 g/mol. The SMILES string of the molecule is CC(C)N(C)S(=O)(=O)c1ccc(CNC(=O)c2cccc(S(=O)(=O)N3CCCC3)c2)cc1. The maximum Gasteiger partial charge on any atom is 0.251 e. The molecule has 10 heteroatoms. The van der Waals surface area contributed by atoms with Crippen LogP contribution in [0.2, 0.25) is 0 Å². The molecule has 0 bridgehead atoms. The highest BCUT2D eigenvalue weighted by atomic mass is 32.2. The van der Waals surface area contributed by atoms with Crippen molar-refractivity contribution in [3.8, 4) is 0 Å². The van der Waals surface area contributed by atoms with E-state index in [-0.39, 0.29) is 27.9 Å². The molecule has 1 aliphatic heterocycles. The van der Waals surface area contributed by atoms with Gasteiger partial charge in [0.15, 0.2) is 0 Å². The van der Waals surface area contributed by atoms with Crippen LogP contribution in [-0.2, 0) is 26.6 Å². The van der Waals surface area contributed by atoms with Crippen LogP contribution in [0.3, 0.4) is 0 Å². The molecule has 1 saturated heterocycles. The highest BCUT2D eigenvalue weighted by Crippen LogP contribution is 2.22. The molecule has 1 heterocycles. The van der Waals surface area contributed by atoms with Crippen molar-refractivity contribution in [2.24, 2.45) is 0 Å². The molecular formula is C22H29N3O5S2. The first-order valence-electron chi connectivity index (χ1n) is 10.5. The van der Waals surface area contributed by atoms with Crippen LogP contribution in [-0.4, -0.2) is 57.5 Å². The zero-order chi connectivity index (χ0) is 23.5. The highest BCUT2D eigenvalue weighted by molar-refractivity contribution is 7.89. The minimum Gasteiger partial charge on any atom is -0.348 e. The van der Waals surface area contributed by atoms with E-state index in [4.69, 9.17) is 0 Å². The van der Waals surface area contributed by atoms with Gasteiger partial charge in [-0.15, -0.1) is 0 Å². The number of rotatable bonds is 8. The molecule has 0 radical (unpaired) electrons. The van der Waals surface area contributed by atoms with Crippen molar-refractivity contribution in [2.75, 3.05) is 20.1 Å². The zero-order valence-electron chi connectivity index (χ0n) is 18.5. The first-order valence-corrected chi connectivity index (χ1v) is 13.4. The summed E-state index contributed by atoms with van der Waals surface area (Å²) in [5, 5.41) is 2.76. The molecule has 1 aliphatic rings. The van der Waals surface area contributed by atoms with Gasteiger partial charge < -0.3 is 5.32 Å². The smallest absolute Gasteiger partial charge is 0.251 e. The molecule has 8 nitrogen and oxygen atoms in total. The topological polar surface area (TPSA) is 104 Å². The van der Waals surface area contributed by atoms with Crippen molar-refractivity contribution in [3.63, 3.8) is 0 Å². The monoisotopic (exact) mass is 479 g/mol. The van der Waals surface area contributed by atoms with E-state index >= 15 is 0 Å². The van der Waals surface area contributed by atoms with Crippen LogP contribution in [0.5, 0.6) is 0 Å². The number of amides is 1. The van der Waals surface area contributed by atoms with E-state index in [1.54, 1.807) is 38.1 Å². The summed E-state index contributed by atoms with van der Waals surface area (Å²) in [7, 11) is -5.64. The number of sulfonamides is 2. The van der Waals surface area contributed by atoms with Gasteiger partial charge in [0.05, 0.1) is 9.79 Å². The predicted octanol–water partition coefficient (Wildman–Crippen LogP) is 2.43. The van der Waals surface area contributed by atoms with Crippen LogP contribution < -0.4 is 5.32 Å². The summed E-state index contributed by atoms with van der Waals surface area (Å²) < 4.78 is 53.3. The molecule has 2 aromatic carbocycles. The molecule has 1 N–H and O–H groups in total. The van der Waals surface area contributed by atoms with E-state index in [9.17, 15) is 21.6 Å². The number of carbonyl (C=O) groups is 1. The second kappa shape index (κ2) is 9.70. The summed E-state index contributed by atoms with van der Waals surface area (Å²) in [6.07, 6.45) is 1.68. The van der Waals surface area contributed by atoms with Gasteiger partial charge >= 0.3 is 0 Å². The number of nitrogens with one attached hydrogen (secondary N) is 1. The fourth-order valence-electron chi connectivity index (χ4n) is 3.38. The molecule has 0 unspecified atom stereocenters. The lowest BCUT2D eigenvalue weighted by atomic mass is 10.2. The second-order valence-electron chi connectivity index (χ2n) is 8.08. The van der Waals surface area contributed by atoms with Crippen molar-refractivity contribution in [3.05, 3.63) is 59.7 Å². The maximum absolute atomic E-state index is 12.7. The third kappa shape index (κ3) is 5.20. The Balaban J connectivity index is 1.67. The molecule has 3 rings (SSSR count). The minimum absolute atomic E-state index is 0.107. The van der Waals surface area contributed by atoms with E-state index in [1.165, 1.54) is 39.9 Å². The predicted molar refractivity (Wildman–Crippen MR) is 122 cm³/mol. The van der Waals surface area contributed by atoms with Crippen molar-refractivity contribution in [1.82, 2.24) is 13.9 Å². The zero-order valence-corrected chi connectivity index (χ0v) is 20.1. The van der Waals surface area contributed by atoms with Gasteiger partial charge in [0.25, 0.3) is 5.91 Å². The van der Waals surface area contributed by atoms with Crippen LogP contribution >= 0.6 is 0 Å². The lowest BCUT2D eigenvalue weighted by molar-refractivity contribution is 0.0950. The van der Waals surface area contributed by atoms with Gasteiger partial charge in [-0.05, 0) is 62.6 Å². The van der Waals surface area contributed by atoms with E-state index < -0.39 is 26.0 Å². The normalized spacial score (nSPS) is 15.4. The standard InChI is InChI=1S/C22H29N3O5S2/c1-17(2)24(3)31(27,28)20-11-9-18(10-12-20)16-23-22(26)19-7-6-8-21(15-19)32(29,30)25-13-4-5-14-25/h6-12,15,17H,4-5,13-14,16H2,1-3H3,(H,23,26). The third-order valence-electron chi connectivity index (χ3n) is 5.58. The van der Waals surface area contributed by atoms with Crippen LogP contribution in [0.25, 0.3) is 0 Å². The second-order valence-corrected chi connectivity index (χ2v) is 12.0. The van der Waals surface area contributed by atoms with E-state index in [0.717, 1.165) is 18.4 Å². The molecule has 0 atom stereocenters. The van der Waals surface area contributed by atoms with Gasteiger partial charge in [-0.1, -0.05) is 18.2 Å². The molecule has 0 saturated carbocycles. The van der Waals surface area contributed by atoms with Gasteiger partial charge in [-0.3, -0.25) is 4.79 Å². The Morgan fingerprint density at radius 3 is 2.22 bits per heavy atom. The fourth-order valence-corrected chi connectivity index (χ4v) is 6.31. The van der Waals surface area contributed by atoms with Gasteiger partial charge in [-0.25, -0.2) is 16.8 Å². The lowest BCUT2D eigenvalue weighted by Crippen LogP contribution is -2.33. The molecule has 0 spiro atoms. The summed E-state index contributed by atoms with van der Waals surface area (Å²) in [5.74, 6) is -0.403. The van der Waals surface area contributed by atoms with E-state index in [2.05, 4.69) is 5.32 Å². The summed E-state index contributed by atoms with van der Waals surface area (Å²) in [4.78, 5) is 12.9. The Labute approximate surface area is 190 Å². The highest BCUT2D eigenvalue weighted by Gasteiger charge is 2.27. The number of hydrogen-bond donors (Lipinski definition) is 1. The molecular weight excluding hydrogens is 450 g/mol. The average Bonchev–Trinajstić information content (AvgIpc) is 3.33. The summed E-state index contributed by atoms with van der Waals surface area (Å²) in [6, 6.07) is 12.2. The van der Waals surface area contributed by atoms with Crippen molar-refractivity contribution < 1.29 is 21.6 Å². The Morgan fingerprint density at radius 2 is 1.62 bits per heavy atom. The van der Waals surface area contributed by atoms with Crippen LogP contribution in [0.4, 0.5) is 0 Å². The maximum atomic E-state index is 12.7. The van der Waals surface area contributed by atoms with Gasteiger partial charge in [0, 0.05) is 38.3 Å². The fraction of sp³-hybridized carbons (Fsp3) is 0.409. The van der Waals surface area contributed by atoms with Crippen LogP contribution in [0.15, 0.2) is 58.3 Å². The quantitative estimate of drug-likeness (QED) is 0.626. The van der Waals surface area contributed by atoms with Crippen LogP contribution in [0.1, 0.15) is 42.6 Å². The summed E-state index contributed by atoms with van der Waals surface area (Å²) >= 11 is 0. The minimum atomic E-state index is -3.60. The van der Waals surface area contributed by atoms with Crippen molar-refractivity contribution in [1.29, 1.82) is 0 Å². The number of carbonyl (C=O) groups excluding carboxylic acids is 1. The Morgan fingerprint density at radius 1 is 1.00 bits per heavy atom. The van der Waals surface area contributed by atoms with Gasteiger partial charge in [-0.2, -0.15) is 8.61 Å². The number of nitrogens with zero attached hydrogens (tertiary/aromatic N) is 2. The third-order valence-corrected chi connectivity index (χ3v) is 9.52. The first kappa shape index (κ1) is 24.4. The molecule has 2 aromatic rings. The number of benzene rings is 2. The lowest BCUT2D eigenvalue weighted by Gasteiger charge is -2.21. The van der Waals surface area contributed by atoms with Gasteiger partial charge in [0.1, 0.15) is 0 Å². The van der Waals surface area contributed by atoms with E-state index in [0.29, 0.717) is 13.1 Å². The Bertz CT molecular complexity index is 1170. The Hall–Kier alpha value is -2.27.